The van der Waals surface area contributed by atoms with Gasteiger partial charge in [-0.15, -0.1) is 0 Å². The minimum absolute atomic E-state index is 0.100. The topological polar surface area (TPSA) is 103 Å². The van der Waals surface area contributed by atoms with E-state index < -0.39 is 12.1 Å². The van der Waals surface area contributed by atoms with E-state index >= 15 is 0 Å². The highest BCUT2D eigenvalue weighted by Gasteiger charge is 2.38. The number of carboxylic acids is 1. The number of alkyl halides is 3. The lowest BCUT2D eigenvalue weighted by molar-refractivity contribution is -0.192. The van der Waals surface area contributed by atoms with Crippen molar-refractivity contribution in [2.24, 2.45) is 5.92 Å². The lowest BCUT2D eigenvalue weighted by Crippen LogP contribution is -2.40. The Morgan fingerprint density at radius 1 is 1.27 bits per heavy atom. The first-order chi connectivity index (χ1) is 15.8. The number of carbonyl (C=O) groups is 1. The molecule has 0 radical (unpaired) electrons. The van der Waals surface area contributed by atoms with Gasteiger partial charge in [-0.05, 0) is 43.7 Å². The second kappa shape index (κ2) is 11.4. The van der Waals surface area contributed by atoms with Crippen LogP contribution in [0.3, 0.4) is 0 Å². The van der Waals surface area contributed by atoms with E-state index in [1.165, 1.54) is 11.3 Å². The minimum Gasteiger partial charge on any atom is -0.475 e. The molecule has 4 rings (SSSR count). The molecule has 1 fully saturated rings. The molecule has 4 heterocycles. The number of nitrogens with zero attached hydrogens (tertiary/aromatic N) is 5. The average molecular weight is 471 g/mol. The monoisotopic (exact) mass is 471 g/mol. The zero-order valence-corrected chi connectivity index (χ0v) is 18.4. The van der Waals surface area contributed by atoms with E-state index in [9.17, 15) is 13.2 Å². The number of fused-ring (bicyclic) bond motifs is 1. The molecule has 1 atom stereocenters. The molecule has 1 unspecified atom stereocenters. The predicted octanol–water partition coefficient (Wildman–Crippen LogP) is 2.87. The van der Waals surface area contributed by atoms with E-state index in [0.717, 1.165) is 51.5 Å². The molecular weight excluding hydrogens is 443 g/mol. The van der Waals surface area contributed by atoms with Crippen LogP contribution in [0.4, 0.5) is 19.1 Å². The molecule has 2 aromatic heterocycles. The zero-order chi connectivity index (χ0) is 23.8. The normalized spacial score (nSPS) is 18.9. The molecule has 0 aliphatic carbocycles. The summed E-state index contributed by atoms with van der Waals surface area (Å²) in [6.45, 7) is 6.92. The molecule has 2 aromatic rings. The Bertz CT molecular complexity index is 888. The lowest BCUT2D eigenvalue weighted by Gasteiger charge is -2.36. The summed E-state index contributed by atoms with van der Waals surface area (Å²) in [6.07, 6.45) is 3.73. The Morgan fingerprint density at radius 2 is 1.94 bits per heavy atom. The van der Waals surface area contributed by atoms with Gasteiger partial charge in [-0.1, -0.05) is 0 Å². The van der Waals surface area contributed by atoms with Crippen LogP contribution in [0.15, 0.2) is 24.7 Å². The second-order valence-corrected chi connectivity index (χ2v) is 7.76. The summed E-state index contributed by atoms with van der Waals surface area (Å²) in [5.41, 5.74) is 2.59. The molecule has 9 nitrogen and oxygen atoms in total. The van der Waals surface area contributed by atoms with Gasteiger partial charge in [0.15, 0.2) is 0 Å². The van der Waals surface area contributed by atoms with Gasteiger partial charge < -0.3 is 19.5 Å². The van der Waals surface area contributed by atoms with Gasteiger partial charge >= 0.3 is 12.1 Å². The van der Waals surface area contributed by atoms with Crippen molar-refractivity contribution < 1.29 is 32.5 Å². The van der Waals surface area contributed by atoms with Crippen LogP contribution in [-0.2, 0) is 27.2 Å². The van der Waals surface area contributed by atoms with Gasteiger partial charge in [-0.25, -0.2) is 14.8 Å². The van der Waals surface area contributed by atoms with Crippen LogP contribution in [-0.4, -0.2) is 70.0 Å². The first kappa shape index (κ1) is 24.9. The van der Waals surface area contributed by atoms with E-state index in [-0.39, 0.29) is 6.04 Å². The summed E-state index contributed by atoms with van der Waals surface area (Å²) < 4.78 is 45.3. The highest BCUT2D eigenvalue weighted by Crippen LogP contribution is 2.33. The number of ether oxygens (including phenoxy) is 2. The first-order valence-corrected chi connectivity index (χ1v) is 10.8. The van der Waals surface area contributed by atoms with Crippen LogP contribution in [0, 0.1) is 5.92 Å². The van der Waals surface area contributed by atoms with Gasteiger partial charge in [-0.2, -0.15) is 18.3 Å². The molecule has 0 aromatic carbocycles. The van der Waals surface area contributed by atoms with Crippen LogP contribution in [0.5, 0.6) is 0 Å². The van der Waals surface area contributed by atoms with E-state index in [0.29, 0.717) is 19.1 Å². The van der Waals surface area contributed by atoms with Gasteiger partial charge in [0.1, 0.15) is 0 Å². The highest BCUT2D eigenvalue weighted by atomic mass is 19.4. The second-order valence-electron chi connectivity index (χ2n) is 7.76. The van der Waals surface area contributed by atoms with Gasteiger partial charge in [0, 0.05) is 45.3 Å². The van der Waals surface area contributed by atoms with Crippen LogP contribution >= 0.6 is 0 Å². The smallest absolute Gasteiger partial charge is 0.475 e. The van der Waals surface area contributed by atoms with Crippen molar-refractivity contribution >= 4 is 11.9 Å². The molecule has 12 heteroatoms. The van der Waals surface area contributed by atoms with Gasteiger partial charge in [0.25, 0.3) is 0 Å². The molecule has 0 spiro atoms. The van der Waals surface area contributed by atoms with Crippen molar-refractivity contribution in [3.8, 4) is 0 Å². The van der Waals surface area contributed by atoms with E-state index in [1.807, 2.05) is 19.2 Å². The molecule has 1 N–H and O–H groups in total. The van der Waals surface area contributed by atoms with Crippen LogP contribution < -0.4 is 4.90 Å². The third-order valence-electron chi connectivity index (χ3n) is 5.58. The molecule has 0 saturated carbocycles. The maximum absolute atomic E-state index is 10.6. The lowest BCUT2D eigenvalue weighted by atomic mass is 9.98. The van der Waals surface area contributed by atoms with Crippen molar-refractivity contribution in [3.63, 3.8) is 0 Å². The number of hydrogen-bond donors (Lipinski definition) is 1. The number of rotatable bonds is 6. The number of carboxylic acid groups (broad SMARTS) is 1. The van der Waals surface area contributed by atoms with E-state index in [1.54, 1.807) is 12.4 Å². The van der Waals surface area contributed by atoms with E-state index in [2.05, 4.69) is 19.5 Å². The Morgan fingerprint density at radius 3 is 2.55 bits per heavy atom. The number of hydrogen-bond acceptors (Lipinski definition) is 7. The molecule has 2 aliphatic rings. The summed E-state index contributed by atoms with van der Waals surface area (Å²) in [5, 5.41) is 11.9. The Hall–Kier alpha value is -2.73. The summed E-state index contributed by atoms with van der Waals surface area (Å²) in [6, 6.07) is 1.95. The zero-order valence-electron chi connectivity index (χ0n) is 18.4. The fraction of sp³-hybridized carbons (Fsp3) is 0.619. The SMILES string of the molecule is CCOCC1c2c(cnn2CC2CCOCC2)CCN1c1ncccn1.O=C(O)C(F)(F)F. The average Bonchev–Trinajstić information content (AvgIpc) is 3.21. The van der Waals surface area contributed by atoms with Crippen molar-refractivity contribution in [3.05, 3.63) is 35.9 Å². The Labute approximate surface area is 189 Å². The van der Waals surface area contributed by atoms with Gasteiger partial charge in [-0.3, -0.25) is 4.68 Å². The van der Waals surface area contributed by atoms with Crippen LogP contribution in [0.1, 0.15) is 37.1 Å². The fourth-order valence-corrected chi connectivity index (χ4v) is 3.95. The molecule has 1 saturated heterocycles. The van der Waals surface area contributed by atoms with Crippen molar-refractivity contribution in [1.82, 2.24) is 19.7 Å². The third-order valence-corrected chi connectivity index (χ3v) is 5.58. The van der Waals surface area contributed by atoms with Crippen LogP contribution in [0.25, 0.3) is 0 Å². The fourth-order valence-electron chi connectivity index (χ4n) is 3.95. The quantitative estimate of drug-likeness (QED) is 0.686. The molecule has 2 aliphatic heterocycles. The summed E-state index contributed by atoms with van der Waals surface area (Å²) in [5.74, 6) is -1.36. The molecule has 33 heavy (non-hydrogen) atoms. The van der Waals surface area contributed by atoms with Crippen molar-refractivity contribution in [2.45, 2.75) is 44.9 Å². The van der Waals surface area contributed by atoms with Gasteiger partial charge in [0.2, 0.25) is 5.95 Å². The summed E-state index contributed by atoms with van der Waals surface area (Å²) in [7, 11) is 0. The van der Waals surface area contributed by atoms with Crippen molar-refractivity contribution in [2.75, 3.05) is 37.9 Å². The number of halogens is 3. The first-order valence-electron chi connectivity index (χ1n) is 10.8. The number of aliphatic carboxylic acids is 1. The summed E-state index contributed by atoms with van der Waals surface area (Å²) in [4.78, 5) is 20.1. The molecule has 0 amide bonds. The highest BCUT2D eigenvalue weighted by molar-refractivity contribution is 5.73. The van der Waals surface area contributed by atoms with Crippen molar-refractivity contribution in [1.29, 1.82) is 0 Å². The van der Waals surface area contributed by atoms with Gasteiger partial charge in [0.05, 0.1) is 24.5 Å². The molecular formula is C21H28F3N5O4. The van der Waals surface area contributed by atoms with E-state index in [4.69, 9.17) is 24.5 Å². The Kier molecular flexibility index (Phi) is 8.61. The third kappa shape index (κ3) is 6.64. The minimum atomic E-state index is -5.08. The maximum atomic E-state index is 10.6. The number of anilines is 1. The molecule has 182 valence electrons. The van der Waals surface area contributed by atoms with Crippen LogP contribution in [0.2, 0.25) is 0 Å². The standard InChI is InChI=1S/C19H27N5O2.C2HF3O2/c1-2-25-14-17-18-16(4-9-23(17)19-20-7-3-8-21-19)12-22-24(18)13-15-5-10-26-11-6-15;3-2(4,5)1(6)7/h3,7-8,12,15,17H,2,4-6,9-11,13-14H2,1H3;(H,6,7). The Balaban J connectivity index is 0.000000383. The maximum Gasteiger partial charge on any atom is 0.490 e. The largest absolute Gasteiger partial charge is 0.490 e. The summed E-state index contributed by atoms with van der Waals surface area (Å²) >= 11 is 0. The molecule has 0 bridgehead atoms. The predicted molar refractivity (Wildman–Crippen MR) is 112 cm³/mol. The number of aromatic nitrogens is 4.